The van der Waals surface area contributed by atoms with Gasteiger partial charge in [-0.25, -0.2) is 8.42 Å². The van der Waals surface area contributed by atoms with Crippen LogP contribution in [0.1, 0.15) is 21.8 Å². The van der Waals surface area contributed by atoms with E-state index in [1.807, 2.05) is 6.07 Å². The molecule has 8 heteroatoms. The predicted molar refractivity (Wildman–Crippen MR) is 83.3 cm³/mol. The number of halogens is 1. The van der Waals surface area contributed by atoms with Gasteiger partial charge in [0.05, 0.1) is 15.7 Å². The van der Waals surface area contributed by atoms with Crippen LogP contribution in [0, 0.1) is 13.8 Å². The molecule has 2 aromatic heterocycles. The fourth-order valence-corrected chi connectivity index (χ4v) is 5.85. The van der Waals surface area contributed by atoms with Crippen LogP contribution in [0.5, 0.6) is 0 Å². The Morgan fingerprint density at radius 1 is 1.38 bits per heavy atom. The van der Waals surface area contributed by atoms with E-state index in [1.165, 1.54) is 20.5 Å². The zero-order valence-electron chi connectivity index (χ0n) is 12.1. The van der Waals surface area contributed by atoms with Gasteiger partial charge in [-0.2, -0.15) is 9.40 Å². The second kappa shape index (κ2) is 5.08. The lowest BCUT2D eigenvalue weighted by Gasteiger charge is -2.26. The van der Waals surface area contributed by atoms with Crippen molar-refractivity contribution in [2.75, 3.05) is 6.54 Å². The molecule has 0 amide bonds. The number of aryl methyl sites for hydroxylation is 2. The first-order chi connectivity index (χ1) is 9.80. The Morgan fingerprint density at radius 2 is 2.10 bits per heavy atom. The van der Waals surface area contributed by atoms with Crippen LogP contribution in [0.25, 0.3) is 0 Å². The molecule has 5 nitrogen and oxygen atoms in total. The average Bonchev–Trinajstić information content (AvgIpc) is 2.88. The molecule has 1 aliphatic heterocycles. The van der Waals surface area contributed by atoms with Crippen LogP contribution in [0.3, 0.4) is 0 Å². The zero-order chi connectivity index (χ0) is 15.4. The van der Waals surface area contributed by atoms with Crippen molar-refractivity contribution < 1.29 is 8.42 Å². The molecule has 3 rings (SSSR count). The van der Waals surface area contributed by atoms with Gasteiger partial charge in [-0.05, 0) is 31.9 Å². The number of hydrogen-bond donors (Lipinski definition) is 0. The van der Waals surface area contributed by atoms with Gasteiger partial charge in [-0.1, -0.05) is 11.6 Å². The number of fused-ring (bicyclic) bond motifs is 1. The smallest absolute Gasteiger partial charge is 0.247 e. The van der Waals surface area contributed by atoms with E-state index < -0.39 is 10.0 Å². The molecule has 0 unspecified atom stereocenters. The maximum absolute atomic E-state index is 12.9. The Kier molecular flexibility index (Phi) is 3.64. The highest BCUT2D eigenvalue weighted by molar-refractivity contribution is 7.89. The van der Waals surface area contributed by atoms with E-state index in [1.54, 1.807) is 25.6 Å². The van der Waals surface area contributed by atoms with Gasteiger partial charge in [0.15, 0.2) is 0 Å². The Morgan fingerprint density at radius 3 is 2.71 bits per heavy atom. The molecule has 0 radical (unpaired) electrons. The highest BCUT2D eigenvalue weighted by atomic mass is 35.5. The summed E-state index contributed by atoms with van der Waals surface area (Å²) in [7, 11) is -1.77. The summed E-state index contributed by atoms with van der Waals surface area (Å²) >= 11 is 7.56. The maximum Gasteiger partial charge on any atom is 0.247 e. The molecular formula is C13H16ClN3O2S2. The lowest BCUT2D eigenvalue weighted by Crippen LogP contribution is -2.35. The lowest BCUT2D eigenvalue weighted by atomic mass is 10.1. The monoisotopic (exact) mass is 345 g/mol. The third-order valence-corrected chi connectivity index (χ3v) is 7.31. The molecule has 0 N–H and O–H groups in total. The van der Waals surface area contributed by atoms with Gasteiger partial charge in [-0.15, -0.1) is 11.3 Å². The molecule has 0 fully saturated rings. The van der Waals surface area contributed by atoms with E-state index in [4.69, 9.17) is 11.6 Å². The lowest BCUT2D eigenvalue weighted by molar-refractivity contribution is 0.393. The molecular weight excluding hydrogens is 330 g/mol. The van der Waals surface area contributed by atoms with Gasteiger partial charge < -0.3 is 0 Å². The van der Waals surface area contributed by atoms with Crippen molar-refractivity contribution in [2.45, 2.75) is 31.7 Å². The van der Waals surface area contributed by atoms with Gasteiger partial charge in [0, 0.05) is 25.0 Å². The number of thiophene rings is 1. The first kappa shape index (κ1) is 15.0. The van der Waals surface area contributed by atoms with Crippen LogP contribution in [-0.4, -0.2) is 29.0 Å². The number of nitrogens with zero attached hydrogens (tertiary/aromatic N) is 3. The fourth-order valence-electron chi connectivity index (χ4n) is 2.73. The Labute approximate surface area is 133 Å². The summed E-state index contributed by atoms with van der Waals surface area (Å²) in [4.78, 5) is 1.51. The highest BCUT2D eigenvalue weighted by Gasteiger charge is 2.33. The van der Waals surface area contributed by atoms with Gasteiger partial charge >= 0.3 is 0 Å². The minimum Gasteiger partial charge on any atom is -0.271 e. The predicted octanol–water partition coefficient (Wildman–Crippen LogP) is 2.50. The van der Waals surface area contributed by atoms with Crippen molar-refractivity contribution in [1.82, 2.24) is 14.1 Å². The van der Waals surface area contributed by atoms with Gasteiger partial charge in [-0.3, -0.25) is 4.68 Å². The Bertz CT molecular complexity index is 808. The maximum atomic E-state index is 12.9. The number of sulfonamides is 1. The Balaban J connectivity index is 2.00. The number of hydrogen-bond acceptors (Lipinski definition) is 4. The first-order valence-corrected chi connectivity index (χ1v) is 9.21. The first-order valence-electron chi connectivity index (χ1n) is 6.58. The van der Waals surface area contributed by atoms with Crippen LogP contribution in [0.4, 0.5) is 0 Å². The van der Waals surface area contributed by atoms with E-state index in [0.717, 1.165) is 5.56 Å². The van der Waals surface area contributed by atoms with Crippen LogP contribution in [0.2, 0.25) is 4.34 Å². The second-order valence-corrected chi connectivity index (χ2v) is 8.85. The number of rotatable bonds is 2. The minimum absolute atomic E-state index is 0.328. The summed E-state index contributed by atoms with van der Waals surface area (Å²) in [5.74, 6) is 0. The summed E-state index contributed by atoms with van der Waals surface area (Å²) in [5, 5.41) is 4.21. The molecule has 114 valence electrons. The van der Waals surface area contributed by atoms with Crippen molar-refractivity contribution >= 4 is 33.0 Å². The molecule has 0 aliphatic carbocycles. The van der Waals surface area contributed by atoms with Crippen LogP contribution < -0.4 is 0 Å². The zero-order valence-corrected chi connectivity index (χ0v) is 14.4. The minimum atomic E-state index is -3.52. The molecule has 0 bridgehead atoms. The van der Waals surface area contributed by atoms with Crippen molar-refractivity contribution in [2.24, 2.45) is 7.05 Å². The van der Waals surface area contributed by atoms with Crippen molar-refractivity contribution in [3.05, 3.63) is 32.2 Å². The summed E-state index contributed by atoms with van der Waals surface area (Å²) in [6.07, 6.45) is 0.713. The normalized spacial score (nSPS) is 16.2. The van der Waals surface area contributed by atoms with Crippen LogP contribution >= 0.6 is 22.9 Å². The van der Waals surface area contributed by atoms with Crippen LogP contribution in [0.15, 0.2) is 11.0 Å². The molecule has 3 heterocycles. The number of aromatic nitrogens is 2. The summed E-state index contributed by atoms with van der Waals surface area (Å²) < 4.78 is 29.7. The van der Waals surface area contributed by atoms with Crippen molar-refractivity contribution in [3.8, 4) is 0 Å². The molecule has 2 aromatic rings. The van der Waals surface area contributed by atoms with Crippen LogP contribution in [-0.2, 0) is 30.0 Å². The van der Waals surface area contributed by atoms with E-state index >= 15 is 0 Å². The quantitative estimate of drug-likeness (QED) is 0.840. The van der Waals surface area contributed by atoms with Crippen molar-refractivity contribution in [1.29, 1.82) is 0 Å². The van der Waals surface area contributed by atoms with Gasteiger partial charge in [0.1, 0.15) is 4.90 Å². The van der Waals surface area contributed by atoms with Crippen molar-refractivity contribution in [3.63, 3.8) is 0 Å². The largest absolute Gasteiger partial charge is 0.271 e. The molecule has 0 aromatic carbocycles. The average molecular weight is 346 g/mol. The molecule has 0 saturated heterocycles. The SMILES string of the molecule is Cc1nn(C)c(C)c1S(=O)(=O)N1CCc2sc(Cl)cc2C1. The standard InChI is InChI=1S/C13H16ClN3O2S2/c1-8-13(9(2)16(3)15-8)21(18,19)17-5-4-11-10(7-17)6-12(14)20-11/h6H,4-5,7H2,1-3H3. The summed E-state index contributed by atoms with van der Waals surface area (Å²) in [6, 6.07) is 1.87. The van der Waals surface area contributed by atoms with E-state index in [2.05, 4.69) is 5.10 Å². The molecule has 0 atom stereocenters. The second-order valence-electron chi connectivity index (χ2n) is 5.21. The third-order valence-electron chi connectivity index (χ3n) is 3.84. The van der Waals surface area contributed by atoms with Gasteiger partial charge in [0.25, 0.3) is 0 Å². The topological polar surface area (TPSA) is 55.2 Å². The molecule has 0 spiro atoms. The fraction of sp³-hybridized carbons (Fsp3) is 0.462. The Hall–Kier alpha value is -0.890. The highest BCUT2D eigenvalue weighted by Crippen LogP contribution is 2.34. The summed E-state index contributed by atoms with van der Waals surface area (Å²) in [5.41, 5.74) is 2.23. The molecule has 0 saturated carbocycles. The van der Waals surface area contributed by atoms with Gasteiger partial charge in [0.2, 0.25) is 10.0 Å². The summed E-state index contributed by atoms with van der Waals surface area (Å²) in [6.45, 7) is 4.38. The van der Waals surface area contributed by atoms with E-state index in [-0.39, 0.29) is 0 Å². The molecule has 21 heavy (non-hydrogen) atoms. The third kappa shape index (κ3) is 2.42. The van der Waals surface area contributed by atoms with E-state index in [0.29, 0.717) is 40.1 Å². The molecule has 1 aliphatic rings. The van der Waals surface area contributed by atoms with E-state index in [9.17, 15) is 8.42 Å².